The summed E-state index contributed by atoms with van der Waals surface area (Å²) in [5.74, 6) is 0.187. The summed E-state index contributed by atoms with van der Waals surface area (Å²) in [5, 5.41) is 14.6. The maximum absolute atomic E-state index is 12.5. The zero-order chi connectivity index (χ0) is 23.8. The van der Waals surface area contributed by atoms with Gasteiger partial charge in [-0.25, -0.2) is 4.79 Å². The number of amides is 2. The number of nitrogens with zero attached hydrogens (tertiary/aromatic N) is 2. The number of fused-ring (bicyclic) bond motifs is 1. The Kier molecular flexibility index (Phi) is 7.35. The van der Waals surface area contributed by atoms with E-state index >= 15 is 0 Å². The van der Waals surface area contributed by atoms with Gasteiger partial charge in [-0.1, -0.05) is 48.5 Å². The number of benzene rings is 3. The smallest absolute Gasteiger partial charge is 0.411 e. The van der Waals surface area contributed by atoms with Crippen molar-refractivity contribution in [3.05, 3.63) is 96.8 Å². The minimum Gasteiger partial charge on any atom is -0.491 e. The molecule has 1 aromatic heterocycles. The highest BCUT2D eigenvalue weighted by Crippen LogP contribution is 2.29. The Morgan fingerprint density at radius 2 is 1.74 bits per heavy atom. The molecule has 0 bridgehead atoms. The lowest BCUT2D eigenvalue weighted by Gasteiger charge is -2.22. The molecule has 0 atom stereocenters. The summed E-state index contributed by atoms with van der Waals surface area (Å²) < 4.78 is 5.90. The van der Waals surface area contributed by atoms with Crippen LogP contribution in [-0.4, -0.2) is 35.2 Å². The molecule has 1 heterocycles. The van der Waals surface area contributed by atoms with E-state index in [0.29, 0.717) is 30.2 Å². The summed E-state index contributed by atoms with van der Waals surface area (Å²) in [4.78, 5) is 29.8. The number of hydrogen-bond donors (Lipinski definition) is 2. The lowest BCUT2D eigenvalue weighted by molar-refractivity contribution is -0.116. The summed E-state index contributed by atoms with van der Waals surface area (Å²) in [6.07, 6.45) is 3.00. The molecule has 0 aliphatic rings. The highest BCUT2D eigenvalue weighted by molar-refractivity contribution is 5.95. The summed E-state index contributed by atoms with van der Waals surface area (Å²) >= 11 is 0. The van der Waals surface area contributed by atoms with E-state index in [9.17, 15) is 14.7 Å². The van der Waals surface area contributed by atoms with Gasteiger partial charge in [-0.05, 0) is 41.3 Å². The number of carbonyl (C=O) groups excluding carboxylic acids is 1. The van der Waals surface area contributed by atoms with E-state index in [1.165, 1.54) is 0 Å². The lowest BCUT2D eigenvalue weighted by Crippen LogP contribution is -2.33. The highest BCUT2D eigenvalue weighted by Gasteiger charge is 2.20. The quantitative estimate of drug-likeness (QED) is 0.354. The molecule has 0 saturated carbocycles. The monoisotopic (exact) mass is 455 g/mol. The highest BCUT2D eigenvalue weighted by atomic mass is 16.5. The number of ether oxygens (including phenoxy) is 1. The number of rotatable bonds is 9. The SMILES string of the molecule is O=C(CCN(C(=O)O)c1ccccc1OCCc1ccccc1)Nc1ccc2cnccc2c1. The summed E-state index contributed by atoms with van der Waals surface area (Å²) in [6, 6.07) is 24.3. The molecule has 0 unspecified atom stereocenters. The van der Waals surface area contributed by atoms with E-state index in [1.54, 1.807) is 42.7 Å². The van der Waals surface area contributed by atoms with Gasteiger partial charge in [-0.2, -0.15) is 0 Å². The van der Waals surface area contributed by atoms with Crippen LogP contribution in [0.2, 0.25) is 0 Å². The fourth-order valence-electron chi connectivity index (χ4n) is 3.64. The number of carbonyl (C=O) groups is 2. The van der Waals surface area contributed by atoms with Gasteiger partial charge in [0.05, 0.1) is 12.3 Å². The second-order valence-electron chi connectivity index (χ2n) is 7.72. The minimum atomic E-state index is -1.15. The Hall–Kier alpha value is -4.39. The second kappa shape index (κ2) is 11.0. The largest absolute Gasteiger partial charge is 0.491 e. The van der Waals surface area contributed by atoms with Crippen molar-refractivity contribution in [3.8, 4) is 5.75 Å². The van der Waals surface area contributed by atoms with Crippen LogP contribution in [0.4, 0.5) is 16.2 Å². The van der Waals surface area contributed by atoms with Crippen molar-refractivity contribution < 1.29 is 19.4 Å². The molecule has 0 saturated heterocycles. The first-order chi connectivity index (χ1) is 16.6. The fraction of sp³-hybridized carbons (Fsp3) is 0.148. The van der Waals surface area contributed by atoms with Gasteiger partial charge in [0.2, 0.25) is 5.91 Å². The molecule has 0 aliphatic carbocycles. The predicted octanol–water partition coefficient (Wildman–Crippen LogP) is 5.37. The molecule has 0 aliphatic heterocycles. The average molecular weight is 456 g/mol. The van der Waals surface area contributed by atoms with E-state index in [2.05, 4.69) is 10.3 Å². The Bertz CT molecular complexity index is 1280. The van der Waals surface area contributed by atoms with Crippen LogP contribution < -0.4 is 15.0 Å². The molecule has 4 rings (SSSR count). The zero-order valence-corrected chi connectivity index (χ0v) is 18.6. The van der Waals surface area contributed by atoms with Crippen molar-refractivity contribution in [2.45, 2.75) is 12.8 Å². The third-order valence-electron chi connectivity index (χ3n) is 5.36. The molecule has 4 aromatic rings. The topological polar surface area (TPSA) is 91.8 Å². The number of nitrogens with one attached hydrogen (secondary N) is 1. The third-order valence-corrected chi connectivity index (χ3v) is 5.36. The molecule has 34 heavy (non-hydrogen) atoms. The van der Waals surface area contributed by atoms with Crippen LogP contribution in [0.15, 0.2) is 91.3 Å². The van der Waals surface area contributed by atoms with Crippen molar-refractivity contribution in [3.63, 3.8) is 0 Å². The number of pyridine rings is 1. The molecule has 3 aromatic carbocycles. The lowest BCUT2D eigenvalue weighted by atomic mass is 10.1. The van der Waals surface area contributed by atoms with Crippen LogP contribution in [-0.2, 0) is 11.2 Å². The first-order valence-electron chi connectivity index (χ1n) is 11.0. The maximum Gasteiger partial charge on any atom is 0.411 e. The van der Waals surface area contributed by atoms with Gasteiger partial charge in [0.15, 0.2) is 0 Å². The molecule has 7 heteroatoms. The van der Waals surface area contributed by atoms with Crippen LogP contribution >= 0.6 is 0 Å². The summed E-state index contributed by atoms with van der Waals surface area (Å²) in [6.45, 7) is 0.407. The van der Waals surface area contributed by atoms with Gasteiger partial charge >= 0.3 is 6.09 Å². The number of hydrogen-bond acceptors (Lipinski definition) is 4. The van der Waals surface area contributed by atoms with E-state index < -0.39 is 6.09 Å². The van der Waals surface area contributed by atoms with Gasteiger partial charge in [-0.15, -0.1) is 0 Å². The molecule has 2 N–H and O–H groups in total. The van der Waals surface area contributed by atoms with Crippen LogP contribution in [0.1, 0.15) is 12.0 Å². The third kappa shape index (κ3) is 5.89. The van der Waals surface area contributed by atoms with Gasteiger partial charge < -0.3 is 15.2 Å². The fourth-order valence-corrected chi connectivity index (χ4v) is 3.64. The standard InChI is InChI=1S/C27H25N3O4/c31-26(29-23-11-10-22-19-28-15-12-21(22)18-23)13-16-30(27(32)33)24-8-4-5-9-25(24)34-17-14-20-6-2-1-3-7-20/h1-12,15,18-19H,13-14,16-17H2,(H,29,31)(H,32,33). The number of anilines is 2. The van der Waals surface area contributed by atoms with E-state index in [4.69, 9.17) is 4.74 Å². The minimum absolute atomic E-state index is 0.000960. The average Bonchev–Trinajstić information content (AvgIpc) is 2.85. The van der Waals surface area contributed by atoms with Gasteiger partial charge in [0.25, 0.3) is 0 Å². The maximum atomic E-state index is 12.5. The molecule has 172 valence electrons. The van der Waals surface area contributed by atoms with Crippen molar-refractivity contribution in [2.24, 2.45) is 0 Å². The van der Waals surface area contributed by atoms with Crippen molar-refractivity contribution in [1.29, 1.82) is 0 Å². The zero-order valence-electron chi connectivity index (χ0n) is 18.6. The Morgan fingerprint density at radius 3 is 2.56 bits per heavy atom. The molecule has 0 radical (unpaired) electrons. The first kappa shape index (κ1) is 22.8. The van der Waals surface area contributed by atoms with Crippen LogP contribution in [0, 0.1) is 0 Å². The van der Waals surface area contributed by atoms with Crippen molar-refractivity contribution >= 4 is 34.1 Å². The van der Waals surface area contributed by atoms with E-state index in [1.807, 2.05) is 48.5 Å². The van der Waals surface area contributed by atoms with Gasteiger partial charge in [-0.3, -0.25) is 14.7 Å². The van der Waals surface area contributed by atoms with E-state index in [0.717, 1.165) is 21.2 Å². The normalized spacial score (nSPS) is 10.6. The molecule has 2 amide bonds. The predicted molar refractivity (Wildman–Crippen MR) is 132 cm³/mol. The second-order valence-corrected chi connectivity index (χ2v) is 7.72. The Balaban J connectivity index is 1.38. The number of para-hydroxylation sites is 2. The van der Waals surface area contributed by atoms with Crippen LogP contribution in [0.25, 0.3) is 10.8 Å². The molecule has 0 spiro atoms. The van der Waals surface area contributed by atoms with Crippen LogP contribution in [0.5, 0.6) is 5.75 Å². The van der Waals surface area contributed by atoms with Crippen molar-refractivity contribution in [2.75, 3.05) is 23.4 Å². The summed E-state index contributed by atoms with van der Waals surface area (Å²) in [7, 11) is 0. The van der Waals surface area contributed by atoms with Gasteiger partial charge in [0, 0.05) is 42.9 Å². The number of aromatic nitrogens is 1. The van der Waals surface area contributed by atoms with E-state index in [-0.39, 0.29) is 18.9 Å². The Labute approximate surface area is 197 Å². The van der Waals surface area contributed by atoms with Crippen LogP contribution in [0.3, 0.4) is 0 Å². The van der Waals surface area contributed by atoms with Crippen molar-refractivity contribution in [1.82, 2.24) is 4.98 Å². The molecule has 7 nitrogen and oxygen atoms in total. The summed E-state index contributed by atoms with van der Waals surface area (Å²) in [5.41, 5.74) is 2.20. The molecular weight excluding hydrogens is 430 g/mol. The molecule has 0 fully saturated rings. The van der Waals surface area contributed by atoms with Gasteiger partial charge in [0.1, 0.15) is 5.75 Å². The first-order valence-corrected chi connectivity index (χ1v) is 11.0. The Morgan fingerprint density at radius 1 is 0.941 bits per heavy atom. The number of carboxylic acid groups (broad SMARTS) is 1. The molecular formula is C27H25N3O4.